The molecule has 1 aliphatic carbocycles. The van der Waals surface area contributed by atoms with Gasteiger partial charge in [-0.25, -0.2) is 0 Å². The lowest BCUT2D eigenvalue weighted by molar-refractivity contribution is 0.461. The Labute approximate surface area is 100 Å². The molecule has 0 aromatic heterocycles. The maximum Gasteiger partial charge on any atom is 0.0410 e. The van der Waals surface area contributed by atoms with Gasteiger partial charge in [-0.2, -0.15) is 0 Å². The van der Waals surface area contributed by atoms with Gasteiger partial charge in [0.15, 0.2) is 0 Å². The monoisotopic (exact) mass is 267 g/mol. The lowest BCUT2D eigenvalue weighted by atomic mass is 9.88. The third-order valence-electron chi connectivity index (χ3n) is 3.44. The molecular weight excluding hydrogens is 250 g/mol. The molecule has 2 N–H and O–H groups in total. The molecule has 0 bridgehead atoms. The van der Waals surface area contributed by atoms with E-state index in [1.807, 2.05) is 0 Å². The summed E-state index contributed by atoms with van der Waals surface area (Å²) in [7, 11) is 0. The second kappa shape index (κ2) is 4.26. The van der Waals surface area contributed by atoms with Gasteiger partial charge in [0.2, 0.25) is 0 Å². The third kappa shape index (κ3) is 2.26. The summed E-state index contributed by atoms with van der Waals surface area (Å²) in [5.74, 6) is 0. The van der Waals surface area contributed by atoms with Crippen molar-refractivity contribution in [2.45, 2.75) is 44.6 Å². The Morgan fingerprint density at radius 1 is 1.27 bits per heavy atom. The Hall–Kier alpha value is -0.340. The van der Waals surface area contributed by atoms with Crippen LogP contribution < -0.4 is 5.73 Å². The maximum atomic E-state index is 6.45. The summed E-state index contributed by atoms with van der Waals surface area (Å²) < 4.78 is 1.16. The van der Waals surface area contributed by atoms with Crippen LogP contribution in [0.2, 0.25) is 0 Å². The minimum Gasteiger partial charge on any atom is -0.321 e. The molecule has 0 spiro atoms. The predicted molar refractivity (Wildman–Crippen MR) is 67.9 cm³/mol. The van der Waals surface area contributed by atoms with E-state index < -0.39 is 0 Å². The van der Waals surface area contributed by atoms with E-state index in [2.05, 4.69) is 41.1 Å². The van der Waals surface area contributed by atoms with E-state index in [1.54, 1.807) is 0 Å². The average Bonchev–Trinajstić information content (AvgIpc) is 2.65. The minimum absolute atomic E-state index is 0.0618. The van der Waals surface area contributed by atoms with Crippen molar-refractivity contribution in [3.8, 4) is 0 Å². The molecule has 1 saturated carbocycles. The Morgan fingerprint density at radius 3 is 2.53 bits per heavy atom. The van der Waals surface area contributed by atoms with Crippen molar-refractivity contribution in [3.05, 3.63) is 33.8 Å². The number of aryl methyl sites for hydroxylation is 1. The zero-order chi connectivity index (χ0) is 10.9. The highest BCUT2D eigenvalue weighted by atomic mass is 79.9. The van der Waals surface area contributed by atoms with Crippen LogP contribution in [0.1, 0.15) is 43.7 Å². The zero-order valence-electron chi connectivity index (χ0n) is 9.22. The molecule has 0 amide bonds. The molecule has 1 nitrogen and oxygen atoms in total. The van der Waals surface area contributed by atoms with Gasteiger partial charge in [-0.15, -0.1) is 0 Å². The van der Waals surface area contributed by atoms with Crippen LogP contribution >= 0.6 is 15.9 Å². The van der Waals surface area contributed by atoms with Crippen molar-refractivity contribution >= 4 is 15.9 Å². The first-order chi connectivity index (χ1) is 7.14. The van der Waals surface area contributed by atoms with E-state index in [1.165, 1.54) is 24.0 Å². The second-order valence-electron chi connectivity index (χ2n) is 4.56. The smallest absolute Gasteiger partial charge is 0.0410 e. The molecule has 1 aliphatic rings. The highest BCUT2D eigenvalue weighted by Crippen LogP contribution is 2.37. The molecule has 0 radical (unpaired) electrons. The molecule has 1 aromatic rings. The first kappa shape index (κ1) is 11.2. The van der Waals surface area contributed by atoms with E-state index in [9.17, 15) is 0 Å². The molecule has 15 heavy (non-hydrogen) atoms. The molecule has 0 heterocycles. The fraction of sp³-hybridized carbons (Fsp3) is 0.538. The summed E-state index contributed by atoms with van der Waals surface area (Å²) in [5.41, 5.74) is 9.07. The summed E-state index contributed by atoms with van der Waals surface area (Å²) in [4.78, 5) is 0. The van der Waals surface area contributed by atoms with Crippen molar-refractivity contribution in [3.63, 3.8) is 0 Å². The Morgan fingerprint density at radius 2 is 1.93 bits per heavy atom. The molecule has 0 atom stereocenters. The van der Waals surface area contributed by atoms with E-state index >= 15 is 0 Å². The molecule has 2 heteroatoms. The van der Waals surface area contributed by atoms with Gasteiger partial charge in [0.05, 0.1) is 0 Å². The van der Waals surface area contributed by atoms with E-state index in [-0.39, 0.29) is 5.54 Å². The number of halogens is 1. The van der Waals surface area contributed by atoms with Gasteiger partial charge >= 0.3 is 0 Å². The molecule has 1 fully saturated rings. The van der Waals surface area contributed by atoms with E-state index in [0.717, 1.165) is 23.7 Å². The Bertz CT molecular complexity index is 354. The normalized spacial score (nSPS) is 19.4. The van der Waals surface area contributed by atoms with Crippen molar-refractivity contribution in [2.24, 2.45) is 5.73 Å². The number of benzene rings is 1. The SMILES string of the molecule is CCc1cc(Br)cc(C2(N)CCCC2)c1. The van der Waals surface area contributed by atoms with Gasteiger partial charge in [0, 0.05) is 10.0 Å². The molecule has 0 saturated heterocycles. The summed E-state index contributed by atoms with van der Waals surface area (Å²) in [5, 5.41) is 0. The van der Waals surface area contributed by atoms with Crippen molar-refractivity contribution < 1.29 is 0 Å². The van der Waals surface area contributed by atoms with Gasteiger partial charge in [0.25, 0.3) is 0 Å². The highest BCUT2D eigenvalue weighted by molar-refractivity contribution is 9.10. The van der Waals surface area contributed by atoms with Crippen LogP contribution in [0.3, 0.4) is 0 Å². The molecular formula is C13H18BrN. The first-order valence-corrected chi connectivity index (χ1v) is 6.52. The summed E-state index contributed by atoms with van der Waals surface area (Å²) in [6.45, 7) is 2.18. The van der Waals surface area contributed by atoms with Crippen LogP contribution in [0.4, 0.5) is 0 Å². The fourth-order valence-corrected chi connectivity index (χ4v) is 2.98. The molecule has 0 unspecified atom stereocenters. The van der Waals surface area contributed by atoms with Crippen molar-refractivity contribution in [2.75, 3.05) is 0 Å². The number of hydrogen-bond donors (Lipinski definition) is 1. The average molecular weight is 268 g/mol. The molecule has 1 aromatic carbocycles. The number of hydrogen-bond acceptors (Lipinski definition) is 1. The van der Waals surface area contributed by atoms with E-state index in [0.29, 0.717) is 0 Å². The first-order valence-electron chi connectivity index (χ1n) is 5.73. The van der Waals surface area contributed by atoms with Gasteiger partial charge in [-0.05, 0) is 42.5 Å². The zero-order valence-corrected chi connectivity index (χ0v) is 10.8. The van der Waals surface area contributed by atoms with Crippen LogP contribution in [0, 0.1) is 0 Å². The lowest BCUT2D eigenvalue weighted by Gasteiger charge is -2.25. The van der Waals surface area contributed by atoms with Crippen molar-refractivity contribution in [1.82, 2.24) is 0 Å². The Kier molecular flexibility index (Phi) is 3.17. The fourth-order valence-electron chi connectivity index (χ4n) is 2.44. The Balaban J connectivity index is 2.38. The van der Waals surface area contributed by atoms with Gasteiger partial charge in [-0.3, -0.25) is 0 Å². The van der Waals surface area contributed by atoms with Crippen molar-refractivity contribution in [1.29, 1.82) is 0 Å². The summed E-state index contributed by atoms with van der Waals surface area (Å²) in [6.07, 6.45) is 5.87. The van der Waals surface area contributed by atoms with Gasteiger partial charge in [-0.1, -0.05) is 41.8 Å². The maximum absolute atomic E-state index is 6.45. The summed E-state index contributed by atoms with van der Waals surface area (Å²) in [6, 6.07) is 6.64. The number of rotatable bonds is 2. The second-order valence-corrected chi connectivity index (χ2v) is 5.48. The minimum atomic E-state index is -0.0618. The van der Waals surface area contributed by atoms with Gasteiger partial charge in [0.1, 0.15) is 0 Å². The third-order valence-corrected chi connectivity index (χ3v) is 3.89. The standard InChI is InChI=1S/C13H18BrN/c1-2-10-7-11(9-12(14)8-10)13(15)5-3-4-6-13/h7-9H,2-6,15H2,1H3. The lowest BCUT2D eigenvalue weighted by Crippen LogP contribution is -2.33. The topological polar surface area (TPSA) is 26.0 Å². The quantitative estimate of drug-likeness (QED) is 0.868. The predicted octanol–water partition coefficient (Wildman–Crippen LogP) is 3.74. The molecule has 82 valence electrons. The van der Waals surface area contributed by atoms with Crippen LogP contribution in [0.5, 0.6) is 0 Å². The van der Waals surface area contributed by atoms with E-state index in [4.69, 9.17) is 5.73 Å². The van der Waals surface area contributed by atoms with Crippen LogP contribution in [0.25, 0.3) is 0 Å². The van der Waals surface area contributed by atoms with Crippen LogP contribution in [0.15, 0.2) is 22.7 Å². The van der Waals surface area contributed by atoms with Gasteiger partial charge < -0.3 is 5.73 Å². The summed E-state index contributed by atoms with van der Waals surface area (Å²) >= 11 is 3.57. The van der Waals surface area contributed by atoms with Crippen LogP contribution in [-0.4, -0.2) is 0 Å². The highest BCUT2D eigenvalue weighted by Gasteiger charge is 2.31. The molecule has 2 rings (SSSR count). The largest absolute Gasteiger partial charge is 0.321 e. The molecule has 0 aliphatic heterocycles. The van der Waals surface area contributed by atoms with Crippen LogP contribution in [-0.2, 0) is 12.0 Å². The number of nitrogens with two attached hydrogens (primary N) is 1.